The van der Waals surface area contributed by atoms with Crippen LogP contribution in [0.4, 0.5) is 11.5 Å². The van der Waals surface area contributed by atoms with Gasteiger partial charge in [0, 0.05) is 37.2 Å². The smallest absolute Gasteiger partial charge is 0.350 e. The first-order valence-electron chi connectivity index (χ1n) is 9.68. The standard InChI is InChI=1S/C20H24N6O3/c1-14-5-4-9-24(12-14)18-19-23-26(20(28)25(19)10-8-21-18)13-17(27)22-15-6-3-7-16(11-15)29-2/h3,6-8,10-11,14H,4-5,9,12-13H2,1-2H3,(H,22,27)/t14-/m1/s1. The zero-order chi connectivity index (χ0) is 20.4. The normalized spacial score (nSPS) is 16.8. The van der Waals surface area contributed by atoms with Gasteiger partial charge in [0.2, 0.25) is 11.6 Å². The largest absolute Gasteiger partial charge is 0.497 e. The van der Waals surface area contributed by atoms with Crippen molar-refractivity contribution in [3.63, 3.8) is 0 Å². The molecule has 0 spiro atoms. The number of aromatic nitrogens is 4. The van der Waals surface area contributed by atoms with Crippen molar-refractivity contribution < 1.29 is 9.53 Å². The van der Waals surface area contributed by atoms with E-state index in [2.05, 4.69) is 27.2 Å². The number of anilines is 2. The summed E-state index contributed by atoms with van der Waals surface area (Å²) < 4.78 is 7.77. The van der Waals surface area contributed by atoms with Gasteiger partial charge in [-0.15, -0.1) is 5.10 Å². The maximum absolute atomic E-state index is 12.7. The third-order valence-corrected chi connectivity index (χ3v) is 5.09. The second-order valence-corrected chi connectivity index (χ2v) is 7.36. The molecule has 0 bridgehead atoms. The molecular formula is C20H24N6O3. The van der Waals surface area contributed by atoms with Crippen molar-refractivity contribution in [1.29, 1.82) is 0 Å². The number of carbonyl (C=O) groups excluding carboxylic acids is 1. The molecule has 3 aromatic rings. The highest BCUT2D eigenvalue weighted by Gasteiger charge is 2.22. The van der Waals surface area contributed by atoms with E-state index in [4.69, 9.17) is 4.74 Å². The van der Waals surface area contributed by atoms with E-state index in [-0.39, 0.29) is 18.1 Å². The lowest BCUT2D eigenvalue weighted by Crippen LogP contribution is -2.35. The molecular weight excluding hydrogens is 372 g/mol. The molecule has 0 radical (unpaired) electrons. The van der Waals surface area contributed by atoms with Crippen molar-refractivity contribution in [2.75, 3.05) is 30.4 Å². The molecule has 152 valence electrons. The van der Waals surface area contributed by atoms with Gasteiger partial charge in [-0.1, -0.05) is 13.0 Å². The molecule has 1 aromatic carbocycles. The van der Waals surface area contributed by atoms with Crippen LogP contribution in [0.2, 0.25) is 0 Å². The number of ether oxygens (including phenoxy) is 1. The van der Waals surface area contributed by atoms with E-state index in [1.54, 1.807) is 43.8 Å². The Balaban J connectivity index is 1.58. The number of nitrogens with one attached hydrogen (secondary N) is 1. The molecule has 1 aliphatic rings. The lowest BCUT2D eigenvalue weighted by atomic mass is 10.0. The highest BCUT2D eigenvalue weighted by atomic mass is 16.5. The fourth-order valence-corrected chi connectivity index (χ4v) is 3.68. The molecule has 2 aromatic heterocycles. The van der Waals surface area contributed by atoms with E-state index in [0.29, 0.717) is 28.8 Å². The van der Waals surface area contributed by atoms with Gasteiger partial charge in [0.05, 0.1) is 7.11 Å². The van der Waals surface area contributed by atoms with E-state index < -0.39 is 0 Å². The number of methoxy groups -OCH3 is 1. The quantitative estimate of drug-likeness (QED) is 0.707. The van der Waals surface area contributed by atoms with Crippen LogP contribution in [0.25, 0.3) is 5.65 Å². The van der Waals surface area contributed by atoms with Crippen LogP contribution in [0.1, 0.15) is 19.8 Å². The first-order valence-corrected chi connectivity index (χ1v) is 9.68. The first kappa shape index (κ1) is 19.0. The summed E-state index contributed by atoms with van der Waals surface area (Å²) in [7, 11) is 1.56. The van der Waals surface area contributed by atoms with Crippen LogP contribution in [0.15, 0.2) is 41.5 Å². The molecule has 9 nitrogen and oxygen atoms in total. The summed E-state index contributed by atoms with van der Waals surface area (Å²) in [6.45, 7) is 3.78. The van der Waals surface area contributed by atoms with Gasteiger partial charge < -0.3 is 15.0 Å². The number of piperidine rings is 1. The second-order valence-electron chi connectivity index (χ2n) is 7.36. The molecule has 29 heavy (non-hydrogen) atoms. The Morgan fingerprint density at radius 2 is 2.24 bits per heavy atom. The summed E-state index contributed by atoms with van der Waals surface area (Å²) >= 11 is 0. The summed E-state index contributed by atoms with van der Waals surface area (Å²) in [5.41, 5.74) is 0.700. The van der Waals surface area contributed by atoms with Crippen LogP contribution in [-0.2, 0) is 11.3 Å². The Labute approximate surface area is 167 Å². The molecule has 9 heteroatoms. The van der Waals surface area contributed by atoms with E-state index in [9.17, 15) is 9.59 Å². The van der Waals surface area contributed by atoms with Crippen LogP contribution in [0, 0.1) is 5.92 Å². The molecule has 4 rings (SSSR count). The van der Waals surface area contributed by atoms with Crippen molar-refractivity contribution in [3.8, 4) is 5.75 Å². The van der Waals surface area contributed by atoms with Gasteiger partial charge in [-0.05, 0) is 30.9 Å². The average molecular weight is 396 g/mol. The lowest BCUT2D eigenvalue weighted by Gasteiger charge is -2.31. The van der Waals surface area contributed by atoms with E-state index >= 15 is 0 Å². The molecule has 1 atom stereocenters. The van der Waals surface area contributed by atoms with Gasteiger partial charge >= 0.3 is 5.69 Å². The summed E-state index contributed by atoms with van der Waals surface area (Å²) in [5, 5.41) is 7.17. The Hall–Kier alpha value is -3.36. The minimum atomic E-state index is -0.366. The highest BCUT2D eigenvalue weighted by molar-refractivity contribution is 5.90. The minimum Gasteiger partial charge on any atom is -0.497 e. The zero-order valence-corrected chi connectivity index (χ0v) is 16.5. The lowest BCUT2D eigenvalue weighted by molar-refractivity contribution is -0.117. The molecule has 0 unspecified atom stereocenters. The minimum absolute atomic E-state index is 0.187. The van der Waals surface area contributed by atoms with Crippen molar-refractivity contribution >= 4 is 23.1 Å². The van der Waals surface area contributed by atoms with Gasteiger partial charge in [0.15, 0.2) is 5.82 Å². The Morgan fingerprint density at radius 3 is 3.03 bits per heavy atom. The fourth-order valence-electron chi connectivity index (χ4n) is 3.68. The topological polar surface area (TPSA) is 93.8 Å². The second kappa shape index (κ2) is 7.94. The van der Waals surface area contributed by atoms with Crippen molar-refractivity contribution in [2.45, 2.75) is 26.3 Å². The fraction of sp³-hybridized carbons (Fsp3) is 0.400. The van der Waals surface area contributed by atoms with Crippen molar-refractivity contribution in [3.05, 3.63) is 47.1 Å². The number of nitrogens with zero attached hydrogens (tertiary/aromatic N) is 5. The Kier molecular flexibility index (Phi) is 5.20. The molecule has 1 aliphatic heterocycles. The number of fused-ring (bicyclic) bond motifs is 1. The maximum Gasteiger partial charge on any atom is 0.350 e. The third-order valence-electron chi connectivity index (χ3n) is 5.09. The summed E-state index contributed by atoms with van der Waals surface area (Å²) in [6, 6.07) is 7.04. The van der Waals surface area contributed by atoms with Gasteiger partial charge in [0.1, 0.15) is 12.3 Å². The number of rotatable bonds is 5. The number of hydrogen-bond donors (Lipinski definition) is 1. The summed E-state index contributed by atoms with van der Waals surface area (Å²) in [4.78, 5) is 31.8. The summed E-state index contributed by atoms with van der Waals surface area (Å²) in [5.74, 6) is 1.54. The van der Waals surface area contributed by atoms with Gasteiger partial charge in [-0.3, -0.25) is 4.79 Å². The van der Waals surface area contributed by atoms with Crippen LogP contribution in [0.3, 0.4) is 0 Å². The molecule has 0 aliphatic carbocycles. The van der Waals surface area contributed by atoms with Crippen LogP contribution in [0.5, 0.6) is 5.75 Å². The molecule has 1 N–H and O–H groups in total. The molecule has 1 fully saturated rings. The van der Waals surface area contributed by atoms with Crippen molar-refractivity contribution in [1.82, 2.24) is 19.2 Å². The van der Waals surface area contributed by atoms with E-state index in [0.717, 1.165) is 19.5 Å². The van der Waals surface area contributed by atoms with E-state index in [1.165, 1.54) is 15.5 Å². The number of hydrogen-bond acceptors (Lipinski definition) is 6. The molecule has 0 saturated carbocycles. The van der Waals surface area contributed by atoms with Gasteiger partial charge in [0.25, 0.3) is 0 Å². The predicted octanol–water partition coefficient (Wildman–Crippen LogP) is 1.77. The van der Waals surface area contributed by atoms with Crippen LogP contribution >= 0.6 is 0 Å². The van der Waals surface area contributed by atoms with Gasteiger partial charge in [-0.25, -0.2) is 18.9 Å². The van der Waals surface area contributed by atoms with E-state index in [1.807, 2.05) is 0 Å². The number of benzene rings is 1. The molecule has 3 heterocycles. The average Bonchev–Trinajstić information content (AvgIpc) is 3.03. The molecule has 1 amide bonds. The number of carbonyl (C=O) groups is 1. The predicted molar refractivity (Wildman–Crippen MR) is 109 cm³/mol. The van der Waals surface area contributed by atoms with Crippen LogP contribution in [-0.4, -0.2) is 45.3 Å². The Bertz CT molecular complexity index is 1090. The van der Waals surface area contributed by atoms with Crippen LogP contribution < -0.4 is 20.6 Å². The van der Waals surface area contributed by atoms with Crippen molar-refractivity contribution in [2.24, 2.45) is 5.92 Å². The first-order chi connectivity index (χ1) is 14.0. The monoisotopic (exact) mass is 396 g/mol. The summed E-state index contributed by atoms with van der Waals surface area (Å²) in [6.07, 6.45) is 5.45. The zero-order valence-electron chi connectivity index (χ0n) is 16.5. The SMILES string of the molecule is COc1cccc(NC(=O)Cn2nc3c(N4CCC[C@@H](C)C4)nccn3c2=O)c1. The Morgan fingerprint density at radius 1 is 1.38 bits per heavy atom. The third kappa shape index (κ3) is 3.94. The maximum atomic E-state index is 12.7. The number of amides is 1. The molecule has 1 saturated heterocycles. The highest BCUT2D eigenvalue weighted by Crippen LogP contribution is 2.23. The van der Waals surface area contributed by atoms with Gasteiger partial charge in [-0.2, -0.15) is 0 Å².